The number of nitrogens with one attached hydrogen (secondary N) is 2. The van der Waals surface area contributed by atoms with E-state index in [1.165, 1.54) is 16.6 Å². The molecule has 0 atom stereocenters. The number of carbonyl (C=O) groups excluding carboxylic acids is 2. The largest absolute Gasteiger partial charge is 0.480 e. The number of ether oxygens (including phenoxy) is 1. The zero-order valence-electron chi connectivity index (χ0n) is 16.7. The number of fused-ring (bicyclic) bond motifs is 1. The Labute approximate surface area is 180 Å². The molecule has 2 aromatic heterocycles. The minimum Gasteiger partial charge on any atom is -0.480 e. The van der Waals surface area contributed by atoms with Crippen LogP contribution in [0.5, 0.6) is 11.6 Å². The van der Waals surface area contributed by atoms with Crippen LogP contribution >= 0.6 is 0 Å². The molecule has 11 heteroatoms. The molecule has 3 N–H and O–H groups in total. The van der Waals surface area contributed by atoms with Crippen molar-refractivity contribution < 1.29 is 28.6 Å². The van der Waals surface area contributed by atoms with E-state index >= 15 is 0 Å². The van der Waals surface area contributed by atoms with E-state index in [-0.39, 0.29) is 42.0 Å². The number of carbonyl (C=O) groups is 3. The van der Waals surface area contributed by atoms with Gasteiger partial charge in [-0.2, -0.15) is 0 Å². The summed E-state index contributed by atoms with van der Waals surface area (Å²) in [5.74, 6) is -2.07. The lowest BCUT2D eigenvalue weighted by Crippen LogP contribution is -2.31. The number of halogens is 1. The maximum atomic E-state index is 14.5. The van der Waals surface area contributed by atoms with E-state index in [1.54, 1.807) is 18.3 Å². The number of hydrogen-bond acceptors (Lipinski definition) is 6. The molecule has 1 aromatic carbocycles. The number of carboxylic acid groups (broad SMARTS) is 1. The van der Waals surface area contributed by atoms with E-state index in [1.807, 2.05) is 0 Å². The molecule has 2 saturated carbocycles. The Morgan fingerprint density at radius 1 is 1.16 bits per heavy atom. The van der Waals surface area contributed by atoms with Crippen LogP contribution in [-0.4, -0.2) is 37.5 Å². The van der Waals surface area contributed by atoms with Gasteiger partial charge < -0.3 is 20.5 Å². The van der Waals surface area contributed by atoms with Crippen LogP contribution in [0.15, 0.2) is 36.5 Å². The fourth-order valence-electron chi connectivity index (χ4n) is 3.24. The van der Waals surface area contributed by atoms with E-state index in [9.17, 15) is 18.8 Å². The number of rotatable bonds is 7. The van der Waals surface area contributed by atoms with Crippen molar-refractivity contribution in [3.63, 3.8) is 0 Å². The first-order valence-electron chi connectivity index (χ1n) is 10.0. The third-order valence-corrected chi connectivity index (χ3v) is 5.50. The third-order valence-electron chi connectivity index (χ3n) is 5.50. The lowest BCUT2D eigenvalue weighted by Gasteiger charge is -2.12. The highest BCUT2D eigenvalue weighted by Crippen LogP contribution is 2.47. The number of nitrogens with zero attached hydrogens (tertiary/aromatic N) is 3. The van der Waals surface area contributed by atoms with E-state index in [2.05, 4.69) is 20.7 Å². The number of benzene rings is 1. The van der Waals surface area contributed by atoms with Gasteiger partial charge in [0.1, 0.15) is 17.0 Å². The Morgan fingerprint density at radius 3 is 2.59 bits per heavy atom. The molecule has 2 heterocycles. The molecule has 2 amide bonds. The predicted octanol–water partition coefficient (Wildman–Crippen LogP) is 2.81. The summed E-state index contributed by atoms with van der Waals surface area (Å²) in [7, 11) is 0. The first kappa shape index (κ1) is 19.9. The molecule has 0 spiro atoms. The highest BCUT2D eigenvalue weighted by atomic mass is 19.1. The van der Waals surface area contributed by atoms with Gasteiger partial charge in [-0.25, -0.2) is 13.9 Å². The molecule has 0 unspecified atom stereocenters. The SMILES string of the molecule is O=C(Nc1cn2nc(Oc3ccc(NC(=O)C4(C(=O)O)CC4)c(F)c3)ccc2n1)C1CC1. The second-order valence-electron chi connectivity index (χ2n) is 7.95. The van der Waals surface area contributed by atoms with Gasteiger partial charge >= 0.3 is 5.97 Å². The van der Waals surface area contributed by atoms with Gasteiger partial charge in [0.05, 0.1) is 11.9 Å². The number of hydrogen-bond donors (Lipinski definition) is 3. The summed E-state index contributed by atoms with van der Waals surface area (Å²) in [4.78, 5) is 39.5. The van der Waals surface area contributed by atoms with Gasteiger partial charge in [-0.3, -0.25) is 14.4 Å². The second kappa shape index (κ2) is 7.29. The molecule has 0 bridgehead atoms. The number of aliphatic carboxylic acids is 1. The molecule has 2 aliphatic carbocycles. The summed E-state index contributed by atoms with van der Waals surface area (Å²) >= 11 is 0. The maximum Gasteiger partial charge on any atom is 0.319 e. The van der Waals surface area contributed by atoms with Crippen LogP contribution in [0, 0.1) is 17.2 Å². The zero-order chi connectivity index (χ0) is 22.5. The average Bonchev–Trinajstić information content (AvgIpc) is 3.65. The average molecular weight is 439 g/mol. The molecule has 0 aliphatic heterocycles. The van der Waals surface area contributed by atoms with Crippen molar-refractivity contribution in [2.75, 3.05) is 10.6 Å². The minimum absolute atomic E-state index is 0.0493. The van der Waals surface area contributed by atoms with E-state index in [0.717, 1.165) is 18.9 Å². The van der Waals surface area contributed by atoms with Crippen molar-refractivity contribution in [1.82, 2.24) is 14.6 Å². The number of aromatic nitrogens is 3. The van der Waals surface area contributed by atoms with Gasteiger partial charge in [0.15, 0.2) is 11.5 Å². The number of carboxylic acids is 1. The van der Waals surface area contributed by atoms with Crippen molar-refractivity contribution in [3.05, 3.63) is 42.3 Å². The number of imidazole rings is 1. The summed E-state index contributed by atoms with van der Waals surface area (Å²) in [6, 6.07) is 6.98. The van der Waals surface area contributed by atoms with Crippen LogP contribution in [-0.2, 0) is 14.4 Å². The Balaban J connectivity index is 1.28. The molecule has 3 aromatic rings. The van der Waals surface area contributed by atoms with Crippen molar-refractivity contribution in [1.29, 1.82) is 0 Å². The molecule has 2 aliphatic rings. The lowest BCUT2D eigenvalue weighted by atomic mass is 10.1. The van der Waals surface area contributed by atoms with Crippen molar-refractivity contribution in [3.8, 4) is 11.6 Å². The summed E-state index contributed by atoms with van der Waals surface area (Å²) in [5, 5.41) is 18.5. The van der Waals surface area contributed by atoms with Crippen LogP contribution in [0.3, 0.4) is 0 Å². The fraction of sp³-hybridized carbons (Fsp3) is 0.286. The van der Waals surface area contributed by atoms with Gasteiger partial charge in [-0.05, 0) is 43.9 Å². The van der Waals surface area contributed by atoms with E-state index in [0.29, 0.717) is 11.5 Å². The molecular weight excluding hydrogens is 421 g/mol. The highest BCUT2D eigenvalue weighted by molar-refractivity contribution is 6.10. The van der Waals surface area contributed by atoms with E-state index < -0.39 is 23.1 Å². The smallest absolute Gasteiger partial charge is 0.319 e. The Hall–Kier alpha value is -4.02. The zero-order valence-corrected chi connectivity index (χ0v) is 16.7. The van der Waals surface area contributed by atoms with Crippen LogP contribution in [0.25, 0.3) is 5.65 Å². The molecule has 0 saturated heterocycles. The topological polar surface area (TPSA) is 135 Å². The molecule has 0 radical (unpaired) electrons. The van der Waals surface area contributed by atoms with Crippen LogP contribution in [0.2, 0.25) is 0 Å². The van der Waals surface area contributed by atoms with Crippen molar-refractivity contribution in [2.24, 2.45) is 11.3 Å². The fourth-order valence-corrected chi connectivity index (χ4v) is 3.24. The van der Waals surface area contributed by atoms with Gasteiger partial charge in [-0.15, -0.1) is 5.10 Å². The Kier molecular flexibility index (Phi) is 4.54. The first-order valence-corrected chi connectivity index (χ1v) is 10.0. The van der Waals surface area contributed by atoms with Crippen LogP contribution in [0.4, 0.5) is 15.9 Å². The normalized spacial score (nSPS) is 16.4. The van der Waals surface area contributed by atoms with Gasteiger partial charge in [0, 0.05) is 18.1 Å². The van der Waals surface area contributed by atoms with Gasteiger partial charge in [0.2, 0.25) is 17.7 Å². The van der Waals surface area contributed by atoms with Gasteiger partial charge in [0.25, 0.3) is 0 Å². The lowest BCUT2D eigenvalue weighted by molar-refractivity contribution is -0.147. The maximum absolute atomic E-state index is 14.5. The van der Waals surface area contributed by atoms with Gasteiger partial charge in [-0.1, -0.05) is 0 Å². The molecule has 5 rings (SSSR count). The summed E-state index contributed by atoms with van der Waals surface area (Å²) < 4.78 is 21.5. The van der Waals surface area contributed by atoms with Crippen molar-refractivity contribution in [2.45, 2.75) is 25.7 Å². The third kappa shape index (κ3) is 3.72. The number of amides is 2. The number of anilines is 2. The van der Waals surface area contributed by atoms with E-state index in [4.69, 9.17) is 9.84 Å². The Morgan fingerprint density at radius 2 is 1.94 bits per heavy atom. The monoisotopic (exact) mass is 439 g/mol. The highest BCUT2D eigenvalue weighted by Gasteiger charge is 2.57. The van der Waals surface area contributed by atoms with Crippen molar-refractivity contribution >= 4 is 34.9 Å². The minimum atomic E-state index is -1.47. The summed E-state index contributed by atoms with van der Waals surface area (Å²) in [6.07, 6.45) is 3.78. The van der Waals surface area contributed by atoms with Crippen LogP contribution < -0.4 is 15.4 Å². The molecular formula is C21H18FN5O5. The summed E-state index contributed by atoms with van der Waals surface area (Å²) in [6.45, 7) is 0. The standard InChI is InChI=1S/C21H18FN5O5/c22-13-9-12(3-4-14(13)23-19(29)21(7-8-21)20(30)31)32-17-6-5-16-24-15(10-27(16)26-17)25-18(28)11-1-2-11/h3-6,9-11H,1-2,7-8H2,(H,23,29)(H,25,28)(H,30,31). The molecule has 32 heavy (non-hydrogen) atoms. The first-order chi connectivity index (χ1) is 15.3. The Bertz CT molecular complexity index is 1260. The van der Waals surface area contributed by atoms with Crippen LogP contribution in [0.1, 0.15) is 25.7 Å². The molecule has 2 fully saturated rings. The quantitative estimate of drug-likeness (QED) is 0.482. The molecule has 10 nitrogen and oxygen atoms in total. The molecule has 164 valence electrons. The second-order valence-corrected chi connectivity index (χ2v) is 7.95. The summed E-state index contributed by atoms with van der Waals surface area (Å²) in [5.41, 5.74) is -1.10. The predicted molar refractivity (Wildman–Crippen MR) is 109 cm³/mol.